The van der Waals surface area contributed by atoms with Crippen LogP contribution in [-0.2, 0) is 6.42 Å². The third-order valence-corrected chi connectivity index (χ3v) is 6.25. The molecule has 3 rings (SSSR count). The zero-order chi connectivity index (χ0) is 21.8. The van der Waals surface area contributed by atoms with Crippen LogP contribution >= 0.6 is 0 Å². The molecule has 1 aliphatic carbocycles. The molecule has 0 aliphatic heterocycles. The zero-order valence-electron chi connectivity index (χ0n) is 17.2. The lowest BCUT2D eigenvalue weighted by Crippen LogP contribution is -2.21. The Hall–Kier alpha value is -2.37. The van der Waals surface area contributed by atoms with Crippen molar-refractivity contribution in [3.63, 3.8) is 0 Å². The van der Waals surface area contributed by atoms with Crippen LogP contribution < -0.4 is 4.74 Å². The third-order valence-electron chi connectivity index (χ3n) is 6.25. The summed E-state index contributed by atoms with van der Waals surface area (Å²) in [7, 11) is 0. The van der Waals surface area contributed by atoms with Crippen molar-refractivity contribution in [2.75, 3.05) is 0 Å². The maximum absolute atomic E-state index is 14.5. The van der Waals surface area contributed by atoms with E-state index in [4.69, 9.17) is 4.74 Å². The molecule has 2 nitrogen and oxygen atoms in total. The van der Waals surface area contributed by atoms with Crippen LogP contribution in [0.15, 0.2) is 30.3 Å². The molecule has 0 radical (unpaired) electrons. The Labute approximate surface area is 174 Å². The third kappa shape index (κ3) is 5.21. The number of halogens is 4. The summed E-state index contributed by atoms with van der Waals surface area (Å²) in [4.78, 5) is 12.2. The number of hydrogen-bond donors (Lipinski definition) is 0. The second-order valence-electron chi connectivity index (χ2n) is 8.28. The highest BCUT2D eigenvalue weighted by Gasteiger charge is 2.25. The van der Waals surface area contributed by atoms with Gasteiger partial charge in [0.1, 0.15) is 11.6 Å². The van der Waals surface area contributed by atoms with Crippen LogP contribution in [0.1, 0.15) is 61.9 Å². The number of benzene rings is 2. The van der Waals surface area contributed by atoms with Crippen molar-refractivity contribution in [3.8, 4) is 5.75 Å². The number of esters is 1. The first-order valence-corrected chi connectivity index (χ1v) is 10.4. The van der Waals surface area contributed by atoms with Crippen molar-refractivity contribution in [2.45, 2.75) is 52.4 Å². The molecular formula is C24H26F4O2. The minimum absolute atomic E-state index is 0.347. The van der Waals surface area contributed by atoms with E-state index in [1.807, 2.05) is 0 Å². The quantitative estimate of drug-likeness (QED) is 0.220. The highest BCUT2D eigenvalue weighted by Crippen LogP contribution is 2.36. The molecule has 30 heavy (non-hydrogen) atoms. The summed E-state index contributed by atoms with van der Waals surface area (Å²) in [5.74, 6) is -5.20. The summed E-state index contributed by atoms with van der Waals surface area (Å²) in [5, 5.41) is 0. The summed E-state index contributed by atoms with van der Waals surface area (Å²) in [6.45, 7) is 4.40. The SMILES string of the molecule is CCC1CCC(C(C)Cc2ccc(C(=O)Oc3cc(F)c(F)c(F)c3)c(F)c2)CC1. The molecule has 0 amide bonds. The molecule has 0 spiro atoms. The molecule has 0 aromatic heterocycles. The minimum Gasteiger partial charge on any atom is -0.423 e. The normalized spacial score (nSPS) is 20.1. The van der Waals surface area contributed by atoms with Crippen LogP contribution in [0.5, 0.6) is 5.75 Å². The first kappa shape index (κ1) is 22.3. The Kier molecular flexibility index (Phi) is 7.16. The highest BCUT2D eigenvalue weighted by atomic mass is 19.2. The van der Waals surface area contributed by atoms with Gasteiger partial charge in [0.25, 0.3) is 0 Å². The van der Waals surface area contributed by atoms with Crippen molar-refractivity contribution >= 4 is 5.97 Å². The fourth-order valence-electron chi connectivity index (χ4n) is 4.31. The Bertz CT molecular complexity index is 881. The Morgan fingerprint density at radius 3 is 2.20 bits per heavy atom. The van der Waals surface area contributed by atoms with E-state index in [9.17, 15) is 22.4 Å². The van der Waals surface area contributed by atoms with Crippen molar-refractivity contribution in [1.82, 2.24) is 0 Å². The van der Waals surface area contributed by atoms with E-state index in [0.717, 1.165) is 11.5 Å². The lowest BCUT2D eigenvalue weighted by molar-refractivity contribution is 0.0728. The first-order valence-electron chi connectivity index (χ1n) is 10.4. The van der Waals surface area contributed by atoms with Crippen LogP contribution in [0.25, 0.3) is 0 Å². The van der Waals surface area contributed by atoms with Gasteiger partial charge in [-0.05, 0) is 54.7 Å². The van der Waals surface area contributed by atoms with E-state index in [0.29, 0.717) is 30.4 Å². The van der Waals surface area contributed by atoms with Crippen LogP contribution in [-0.4, -0.2) is 5.97 Å². The van der Waals surface area contributed by atoms with Crippen molar-refractivity contribution in [3.05, 3.63) is 64.7 Å². The van der Waals surface area contributed by atoms with Gasteiger partial charge < -0.3 is 4.74 Å². The van der Waals surface area contributed by atoms with E-state index in [2.05, 4.69) is 13.8 Å². The van der Waals surface area contributed by atoms with Gasteiger partial charge in [0.15, 0.2) is 17.5 Å². The summed E-state index contributed by atoms with van der Waals surface area (Å²) in [5.41, 5.74) is 0.438. The molecule has 1 atom stereocenters. The second kappa shape index (κ2) is 9.63. The summed E-state index contributed by atoms with van der Waals surface area (Å²) < 4.78 is 58.8. The maximum Gasteiger partial charge on any atom is 0.346 e. The minimum atomic E-state index is -1.66. The topological polar surface area (TPSA) is 26.3 Å². The van der Waals surface area contributed by atoms with Crippen LogP contribution in [0, 0.1) is 41.0 Å². The standard InChI is InChI=1S/C24H26F4O2/c1-3-15-4-7-17(8-5-15)14(2)10-16-6-9-19(20(25)11-16)24(29)30-18-12-21(26)23(28)22(27)13-18/h6,9,11-15,17H,3-5,7-8,10H2,1-2H3. The second-order valence-corrected chi connectivity index (χ2v) is 8.28. The Balaban J connectivity index is 1.64. The largest absolute Gasteiger partial charge is 0.423 e. The van der Waals surface area contributed by atoms with Gasteiger partial charge in [0, 0.05) is 12.1 Å². The first-order chi connectivity index (χ1) is 14.3. The van der Waals surface area contributed by atoms with Crippen molar-refractivity contribution in [1.29, 1.82) is 0 Å². The number of hydrogen-bond acceptors (Lipinski definition) is 2. The molecule has 0 heterocycles. The average molecular weight is 422 g/mol. The fourth-order valence-corrected chi connectivity index (χ4v) is 4.31. The molecular weight excluding hydrogens is 396 g/mol. The van der Waals surface area contributed by atoms with Crippen molar-refractivity contribution in [2.24, 2.45) is 17.8 Å². The molecule has 0 saturated heterocycles. The Morgan fingerprint density at radius 2 is 1.63 bits per heavy atom. The molecule has 1 saturated carbocycles. The monoisotopic (exact) mass is 422 g/mol. The zero-order valence-corrected chi connectivity index (χ0v) is 17.2. The van der Waals surface area contributed by atoms with E-state index >= 15 is 0 Å². The van der Waals surface area contributed by atoms with E-state index in [1.165, 1.54) is 44.2 Å². The smallest absolute Gasteiger partial charge is 0.346 e. The van der Waals surface area contributed by atoms with Crippen LogP contribution in [0.2, 0.25) is 0 Å². The van der Waals surface area contributed by atoms with Crippen molar-refractivity contribution < 1.29 is 27.1 Å². The average Bonchev–Trinajstić information content (AvgIpc) is 2.72. The highest BCUT2D eigenvalue weighted by molar-refractivity contribution is 5.91. The molecule has 1 aliphatic rings. The number of rotatable bonds is 6. The molecule has 0 N–H and O–H groups in total. The van der Waals surface area contributed by atoms with Gasteiger partial charge in [-0.15, -0.1) is 0 Å². The summed E-state index contributed by atoms with van der Waals surface area (Å²) in [6.07, 6.45) is 6.81. The molecule has 162 valence electrons. The molecule has 2 aromatic carbocycles. The molecule has 0 bridgehead atoms. The van der Waals surface area contributed by atoms with Gasteiger partial charge in [-0.1, -0.05) is 39.2 Å². The maximum atomic E-state index is 14.5. The van der Waals surface area contributed by atoms with Gasteiger partial charge in [-0.25, -0.2) is 22.4 Å². The fraction of sp³-hybridized carbons (Fsp3) is 0.458. The molecule has 1 fully saturated rings. The van der Waals surface area contributed by atoms with E-state index in [-0.39, 0.29) is 5.56 Å². The molecule has 6 heteroatoms. The van der Waals surface area contributed by atoms with Gasteiger partial charge in [0.05, 0.1) is 5.56 Å². The lowest BCUT2D eigenvalue weighted by Gasteiger charge is -2.32. The Morgan fingerprint density at radius 1 is 1.00 bits per heavy atom. The van der Waals surface area contributed by atoms with Gasteiger partial charge in [-0.3, -0.25) is 0 Å². The van der Waals surface area contributed by atoms with Crippen LogP contribution in [0.4, 0.5) is 17.6 Å². The molecule has 1 unspecified atom stereocenters. The number of ether oxygens (including phenoxy) is 1. The van der Waals surface area contributed by atoms with Gasteiger partial charge in [-0.2, -0.15) is 0 Å². The number of carbonyl (C=O) groups is 1. The van der Waals surface area contributed by atoms with Gasteiger partial charge >= 0.3 is 5.97 Å². The van der Waals surface area contributed by atoms with E-state index < -0.39 is 35.0 Å². The van der Waals surface area contributed by atoms with E-state index in [1.54, 1.807) is 6.07 Å². The predicted octanol–water partition coefficient (Wildman–Crippen LogP) is 6.86. The number of carbonyl (C=O) groups excluding carboxylic acids is 1. The predicted molar refractivity (Wildman–Crippen MR) is 106 cm³/mol. The summed E-state index contributed by atoms with van der Waals surface area (Å²) in [6, 6.07) is 5.36. The van der Waals surface area contributed by atoms with Crippen LogP contribution in [0.3, 0.4) is 0 Å². The summed E-state index contributed by atoms with van der Waals surface area (Å²) >= 11 is 0. The van der Waals surface area contributed by atoms with Gasteiger partial charge in [0.2, 0.25) is 0 Å². The lowest BCUT2D eigenvalue weighted by atomic mass is 9.74. The molecule has 2 aromatic rings.